The van der Waals surface area contributed by atoms with Crippen molar-refractivity contribution in [1.29, 1.82) is 0 Å². The minimum absolute atomic E-state index is 0.0495. The van der Waals surface area contributed by atoms with Crippen molar-refractivity contribution < 1.29 is 4.79 Å². The quantitative estimate of drug-likeness (QED) is 0.664. The molecule has 0 aliphatic carbocycles. The van der Waals surface area contributed by atoms with Gasteiger partial charge in [-0.15, -0.1) is 0 Å². The summed E-state index contributed by atoms with van der Waals surface area (Å²) in [6.45, 7) is 3.89. The molecule has 0 radical (unpaired) electrons. The highest BCUT2D eigenvalue weighted by atomic mass is 35.5. The summed E-state index contributed by atoms with van der Waals surface area (Å²) in [5.41, 5.74) is 3.91. The van der Waals surface area contributed by atoms with Crippen molar-refractivity contribution in [3.8, 4) is 11.3 Å². The second kappa shape index (κ2) is 7.53. The summed E-state index contributed by atoms with van der Waals surface area (Å²) in [5, 5.41) is 10.9. The van der Waals surface area contributed by atoms with E-state index in [0.29, 0.717) is 22.8 Å². The third-order valence-electron chi connectivity index (χ3n) is 4.25. The molecule has 0 saturated heterocycles. The summed E-state index contributed by atoms with van der Waals surface area (Å²) >= 11 is 6.30. The number of rotatable bonds is 5. The van der Waals surface area contributed by atoms with Crippen LogP contribution in [0.25, 0.3) is 11.3 Å². The number of benzene rings is 2. The SMILES string of the molecule is CC[C@@H](C(=O)Nc1c(-c2ccccc2Cl)n[nH]c1C)c1ccccc1. The molecule has 2 aromatic carbocycles. The number of nitrogens with zero attached hydrogens (tertiary/aromatic N) is 1. The average molecular weight is 354 g/mol. The fourth-order valence-corrected chi connectivity index (χ4v) is 3.12. The molecule has 0 saturated carbocycles. The van der Waals surface area contributed by atoms with E-state index in [2.05, 4.69) is 15.5 Å². The van der Waals surface area contributed by atoms with Crippen molar-refractivity contribution in [3.63, 3.8) is 0 Å². The van der Waals surface area contributed by atoms with Gasteiger partial charge in [-0.25, -0.2) is 0 Å². The van der Waals surface area contributed by atoms with Crippen molar-refractivity contribution in [1.82, 2.24) is 10.2 Å². The smallest absolute Gasteiger partial charge is 0.232 e. The van der Waals surface area contributed by atoms with Crippen LogP contribution in [0.15, 0.2) is 54.6 Å². The zero-order chi connectivity index (χ0) is 17.8. The van der Waals surface area contributed by atoms with Crippen molar-refractivity contribution in [2.24, 2.45) is 0 Å². The maximum absolute atomic E-state index is 12.9. The molecular formula is C20H20ClN3O. The molecule has 0 bridgehead atoms. The summed E-state index contributed by atoms with van der Waals surface area (Å²) in [7, 11) is 0. The molecular weight excluding hydrogens is 334 g/mol. The lowest BCUT2D eigenvalue weighted by atomic mass is 9.95. The predicted molar refractivity (Wildman–Crippen MR) is 102 cm³/mol. The molecule has 0 aliphatic heterocycles. The van der Waals surface area contributed by atoms with Crippen molar-refractivity contribution >= 4 is 23.2 Å². The standard InChI is InChI=1S/C20H20ClN3O/c1-3-15(14-9-5-4-6-10-14)20(25)22-18-13(2)23-24-19(18)16-11-7-8-12-17(16)21/h4-12,15H,3H2,1-2H3,(H,22,25)(H,23,24)/t15-/m1/s1. The van der Waals surface area contributed by atoms with Gasteiger partial charge in [-0.05, 0) is 25.0 Å². The minimum atomic E-state index is -0.213. The number of halogens is 1. The molecule has 3 aromatic rings. The molecule has 0 spiro atoms. The van der Waals surface area contributed by atoms with Gasteiger partial charge in [0.05, 0.1) is 22.3 Å². The molecule has 2 N–H and O–H groups in total. The Labute approximate surface area is 152 Å². The second-order valence-corrected chi connectivity index (χ2v) is 6.32. The van der Waals surface area contributed by atoms with E-state index >= 15 is 0 Å². The molecule has 1 amide bonds. The molecule has 0 unspecified atom stereocenters. The van der Waals surface area contributed by atoms with Crippen LogP contribution < -0.4 is 5.32 Å². The maximum Gasteiger partial charge on any atom is 0.232 e. The Hall–Kier alpha value is -2.59. The van der Waals surface area contributed by atoms with E-state index in [1.165, 1.54) is 0 Å². The number of H-pyrrole nitrogens is 1. The van der Waals surface area contributed by atoms with Gasteiger partial charge in [0.25, 0.3) is 0 Å². The Kier molecular flexibility index (Phi) is 5.19. The third-order valence-corrected chi connectivity index (χ3v) is 4.58. The molecule has 3 rings (SSSR count). The summed E-state index contributed by atoms with van der Waals surface area (Å²) < 4.78 is 0. The van der Waals surface area contributed by atoms with E-state index in [1.54, 1.807) is 0 Å². The molecule has 25 heavy (non-hydrogen) atoms. The van der Waals surface area contributed by atoms with Crippen molar-refractivity contribution in [2.75, 3.05) is 5.32 Å². The fourth-order valence-electron chi connectivity index (χ4n) is 2.90. The molecule has 5 heteroatoms. The van der Waals surface area contributed by atoms with Crippen LogP contribution in [-0.4, -0.2) is 16.1 Å². The number of anilines is 1. The molecule has 4 nitrogen and oxygen atoms in total. The predicted octanol–water partition coefficient (Wildman–Crippen LogP) is 5.17. The van der Waals surface area contributed by atoms with Gasteiger partial charge >= 0.3 is 0 Å². The van der Waals surface area contributed by atoms with Gasteiger partial charge in [-0.3, -0.25) is 9.89 Å². The first kappa shape index (κ1) is 17.2. The van der Waals surface area contributed by atoms with Gasteiger partial charge in [0.15, 0.2) is 0 Å². The van der Waals surface area contributed by atoms with Gasteiger partial charge in [0.2, 0.25) is 5.91 Å². The van der Waals surface area contributed by atoms with Crippen LogP contribution in [0.5, 0.6) is 0 Å². The Morgan fingerprint density at radius 3 is 2.52 bits per heavy atom. The van der Waals surface area contributed by atoms with Gasteiger partial charge < -0.3 is 5.32 Å². The summed E-state index contributed by atoms with van der Waals surface area (Å²) in [5.74, 6) is -0.263. The Balaban J connectivity index is 1.92. The highest BCUT2D eigenvalue weighted by Crippen LogP contribution is 2.34. The lowest BCUT2D eigenvalue weighted by Crippen LogP contribution is -2.21. The highest BCUT2D eigenvalue weighted by molar-refractivity contribution is 6.33. The van der Waals surface area contributed by atoms with Gasteiger partial charge in [-0.1, -0.05) is 67.1 Å². The first-order chi connectivity index (χ1) is 12.1. The Morgan fingerprint density at radius 2 is 1.84 bits per heavy atom. The first-order valence-electron chi connectivity index (χ1n) is 8.27. The molecule has 1 heterocycles. The van der Waals surface area contributed by atoms with E-state index in [0.717, 1.165) is 16.8 Å². The van der Waals surface area contributed by atoms with Gasteiger partial charge in [0.1, 0.15) is 5.69 Å². The van der Waals surface area contributed by atoms with Gasteiger partial charge in [-0.2, -0.15) is 5.10 Å². The van der Waals surface area contributed by atoms with Crippen LogP contribution in [0, 0.1) is 6.92 Å². The number of aromatic amines is 1. The maximum atomic E-state index is 12.9. The molecule has 128 valence electrons. The average Bonchev–Trinajstić information content (AvgIpc) is 2.97. The lowest BCUT2D eigenvalue weighted by molar-refractivity contribution is -0.117. The van der Waals surface area contributed by atoms with Crippen LogP contribution >= 0.6 is 11.6 Å². The molecule has 0 aliphatic rings. The number of nitrogens with one attached hydrogen (secondary N) is 2. The number of hydrogen-bond donors (Lipinski definition) is 2. The third kappa shape index (κ3) is 3.59. The summed E-state index contributed by atoms with van der Waals surface area (Å²) in [6.07, 6.45) is 0.716. The number of aryl methyl sites for hydroxylation is 1. The zero-order valence-corrected chi connectivity index (χ0v) is 15.0. The fraction of sp³-hybridized carbons (Fsp3) is 0.200. The van der Waals surface area contributed by atoms with Crippen molar-refractivity contribution in [3.05, 3.63) is 70.9 Å². The normalized spacial score (nSPS) is 12.0. The Morgan fingerprint density at radius 1 is 1.16 bits per heavy atom. The van der Waals surface area contributed by atoms with E-state index in [1.807, 2.05) is 68.4 Å². The van der Waals surface area contributed by atoms with Crippen LogP contribution in [0.4, 0.5) is 5.69 Å². The largest absolute Gasteiger partial charge is 0.322 e. The summed E-state index contributed by atoms with van der Waals surface area (Å²) in [6, 6.07) is 17.3. The molecule has 1 aromatic heterocycles. The topological polar surface area (TPSA) is 57.8 Å². The number of carbonyl (C=O) groups excluding carboxylic acids is 1. The Bertz CT molecular complexity index is 874. The number of aromatic nitrogens is 2. The van der Waals surface area contributed by atoms with E-state index in [9.17, 15) is 4.79 Å². The molecule has 1 atom stereocenters. The van der Waals surface area contributed by atoms with E-state index in [-0.39, 0.29) is 11.8 Å². The monoisotopic (exact) mass is 353 g/mol. The van der Waals surface area contributed by atoms with Crippen LogP contribution in [-0.2, 0) is 4.79 Å². The van der Waals surface area contributed by atoms with Gasteiger partial charge in [0, 0.05) is 5.56 Å². The minimum Gasteiger partial charge on any atom is -0.322 e. The van der Waals surface area contributed by atoms with E-state index in [4.69, 9.17) is 11.6 Å². The lowest BCUT2D eigenvalue weighted by Gasteiger charge is -2.16. The number of amides is 1. The highest BCUT2D eigenvalue weighted by Gasteiger charge is 2.22. The van der Waals surface area contributed by atoms with Crippen LogP contribution in [0.2, 0.25) is 5.02 Å². The summed E-state index contributed by atoms with van der Waals surface area (Å²) in [4.78, 5) is 12.9. The van der Waals surface area contributed by atoms with Crippen LogP contribution in [0.1, 0.15) is 30.5 Å². The van der Waals surface area contributed by atoms with E-state index < -0.39 is 0 Å². The van der Waals surface area contributed by atoms with Crippen LogP contribution in [0.3, 0.4) is 0 Å². The number of carbonyl (C=O) groups is 1. The molecule has 0 fully saturated rings. The number of hydrogen-bond acceptors (Lipinski definition) is 2. The van der Waals surface area contributed by atoms with Crippen molar-refractivity contribution in [2.45, 2.75) is 26.2 Å². The first-order valence-corrected chi connectivity index (χ1v) is 8.65. The zero-order valence-electron chi connectivity index (χ0n) is 14.2. The second-order valence-electron chi connectivity index (χ2n) is 5.91.